The second kappa shape index (κ2) is 6.95. The van der Waals surface area contributed by atoms with Gasteiger partial charge in [-0.1, -0.05) is 58.9 Å². The molecule has 2 aromatic rings. The molecule has 21 heavy (non-hydrogen) atoms. The molecule has 0 aromatic heterocycles. The normalized spacial score (nSPS) is 11.9. The molecule has 0 saturated carbocycles. The van der Waals surface area contributed by atoms with E-state index in [2.05, 4.69) is 83.1 Å². The lowest BCUT2D eigenvalue weighted by Gasteiger charge is -2.18. The van der Waals surface area contributed by atoms with E-state index in [1.165, 1.54) is 24.7 Å². The Morgan fingerprint density at radius 2 is 1.29 bits per heavy atom. The van der Waals surface area contributed by atoms with Crippen LogP contribution in [0.2, 0.25) is 0 Å². The molecule has 0 fully saturated rings. The Morgan fingerprint density at radius 3 is 1.71 bits per heavy atom. The van der Waals surface area contributed by atoms with Crippen LogP contribution in [0.5, 0.6) is 0 Å². The van der Waals surface area contributed by atoms with Gasteiger partial charge in [-0.3, -0.25) is 0 Å². The maximum Gasteiger partial charge on any atom is 0.357 e. The predicted molar refractivity (Wildman–Crippen MR) is 87.5 cm³/mol. The zero-order chi connectivity index (χ0) is 15.5. The van der Waals surface area contributed by atoms with Crippen LogP contribution in [0.4, 0.5) is 0 Å². The quantitative estimate of drug-likeness (QED) is 0.700. The van der Waals surface area contributed by atoms with Crippen LogP contribution in [-0.2, 0) is 11.8 Å². The van der Waals surface area contributed by atoms with Gasteiger partial charge in [-0.2, -0.15) is 0 Å². The average molecular weight is 393 g/mol. The molecule has 0 saturated heterocycles. The summed E-state index contributed by atoms with van der Waals surface area (Å²) in [6, 6.07) is 18.5. The van der Waals surface area contributed by atoms with E-state index < -0.39 is 0 Å². The summed E-state index contributed by atoms with van der Waals surface area (Å²) in [5.41, 5.74) is 3.12. The second-order valence-corrected chi connectivity index (χ2v) is 10.1. The molecule has 0 heterocycles. The summed E-state index contributed by atoms with van der Waals surface area (Å²) in [4.78, 5) is 0. The monoisotopic (exact) mass is 393 g/mol. The predicted octanol–water partition coefficient (Wildman–Crippen LogP) is 2.31. The standard InChI is InChI=1S/C20H26I/c1-15(2)14-16-6-10-18(11-7-16)21-19-12-8-17(9-13-19)20(3,4)5/h6-13,15H,14H2,1-5H3/q+1. The molecule has 1 heteroatoms. The molecule has 0 spiro atoms. The molecule has 2 aromatic carbocycles. The lowest BCUT2D eigenvalue weighted by atomic mass is 9.87. The molecular weight excluding hydrogens is 367 g/mol. The van der Waals surface area contributed by atoms with Crippen LogP contribution < -0.4 is 21.2 Å². The molecule has 0 aliphatic carbocycles. The Morgan fingerprint density at radius 1 is 0.810 bits per heavy atom. The van der Waals surface area contributed by atoms with E-state index in [0.29, 0.717) is 0 Å². The highest BCUT2D eigenvalue weighted by molar-refractivity contribution is 5.22. The van der Waals surface area contributed by atoms with Gasteiger partial charge in [-0.25, -0.2) is 0 Å². The van der Waals surface area contributed by atoms with Crippen LogP contribution in [-0.4, -0.2) is 0 Å². The van der Waals surface area contributed by atoms with E-state index >= 15 is 0 Å². The van der Waals surface area contributed by atoms with Gasteiger partial charge >= 0.3 is 21.2 Å². The average Bonchev–Trinajstić information content (AvgIpc) is 2.40. The van der Waals surface area contributed by atoms with Gasteiger partial charge in [0.1, 0.15) is 0 Å². The molecule has 0 atom stereocenters. The summed E-state index contributed by atoms with van der Waals surface area (Å²) in [5, 5.41) is 0. The summed E-state index contributed by atoms with van der Waals surface area (Å²) in [6.45, 7) is 11.4. The Kier molecular flexibility index (Phi) is 5.48. The highest BCUT2D eigenvalue weighted by Crippen LogP contribution is 2.20. The van der Waals surface area contributed by atoms with Gasteiger partial charge in [0.15, 0.2) is 7.14 Å². The summed E-state index contributed by atoms with van der Waals surface area (Å²) in [5.74, 6) is 0.732. The van der Waals surface area contributed by atoms with Gasteiger partial charge in [0, 0.05) is 0 Å². The lowest BCUT2D eigenvalue weighted by Crippen LogP contribution is -3.61. The van der Waals surface area contributed by atoms with Crippen molar-refractivity contribution in [1.82, 2.24) is 0 Å². The third kappa shape index (κ3) is 5.14. The molecule has 0 N–H and O–H groups in total. The van der Waals surface area contributed by atoms with Crippen LogP contribution in [0.3, 0.4) is 0 Å². The molecule has 112 valence electrons. The zero-order valence-corrected chi connectivity index (χ0v) is 15.9. The molecule has 0 amide bonds. The first-order chi connectivity index (χ1) is 9.84. The Labute approximate surface area is 140 Å². The van der Waals surface area contributed by atoms with E-state index in [1.807, 2.05) is 0 Å². The SMILES string of the molecule is CC(C)Cc1ccc([I+]c2ccc(C(C)(C)C)cc2)cc1. The van der Waals surface area contributed by atoms with E-state index in [1.54, 1.807) is 0 Å². The zero-order valence-electron chi connectivity index (χ0n) is 13.8. The van der Waals surface area contributed by atoms with E-state index in [0.717, 1.165) is 5.92 Å². The van der Waals surface area contributed by atoms with E-state index in [9.17, 15) is 0 Å². The van der Waals surface area contributed by atoms with Crippen molar-refractivity contribution < 1.29 is 21.2 Å². The minimum Gasteiger partial charge on any atom is -0.0625 e. The van der Waals surface area contributed by atoms with Gasteiger partial charge in [-0.05, 0) is 53.1 Å². The maximum absolute atomic E-state index is 2.32. The fraction of sp³-hybridized carbons (Fsp3) is 0.400. The first-order valence-electron chi connectivity index (χ1n) is 7.69. The van der Waals surface area contributed by atoms with Gasteiger partial charge in [0.25, 0.3) is 0 Å². The Bertz CT molecular complexity index is 556. The van der Waals surface area contributed by atoms with Crippen LogP contribution in [0.1, 0.15) is 45.7 Å². The van der Waals surface area contributed by atoms with Crippen molar-refractivity contribution in [3.05, 3.63) is 66.8 Å². The van der Waals surface area contributed by atoms with Crippen LogP contribution in [0, 0.1) is 13.1 Å². The molecule has 0 radical (unpaired) electrons. The number of halogens is 1. The van der Waals surface area contributed by atoms with Crippen molar-refractivity contribution in [1.29, 1.82) is 0 Å². The van der Waals surface area contributed by atoms with Gasteiger partial charge in [0.05, 0.1) is 0 Å². The highest BCUT2D eigenvalue weighted by atomic mass is 127. The molecule has 0 aliphatic rings. The van der Waals surface area contributed by atoms with Crippen LogP contribution >= 0.6 is 0 Å². The second-order valence-electron chi connectivity index (χ2n) is 7.08. The third-order valence-electron chi connectivity index (χ3n) is 3.49. The minimum atomic E-state index is -0.0546. The van der Waals surface area contributed by atoms with Gasteiger partial charge in [-0.15, -0.1) is 0 Å². The topological polar surface area (TPSA) is 0 Å². The van der Waals surface area contributed by atoms with Crippen molar-refractivity contribution in [3.63, 3.8) is 0 Å². The number of benzene rings is 2. The molecule has 0 unspecified atom stereocenters. The first-order valence-corrected chi connectivity index (χ1v) is 9.84. The van der Waals surface area contributed by atoms with E-state index in [-0.39, 0.29) is 26.6 Å². The molecule has 0 bridgehead atoms. The van der Waals surface area contributed by atoms with E-state index in [4.69, 9.17) is 0 Å². The molecule has 0 aliphatic heterocycles. The summed E-state index contributed by atoms with van der Waals surface area (Å²) in [6.07, 6.45) is 1.18. The van der Waals surface area contributed by atoms with Gasteiger partial charge in [0.2, 0.25) is 0 Å². The van der Waals surface area contributed by atoms with Crippen molar-refractivity contribution in [2.75, 3.05) is 0 Å². The fourth-order valence-electron chi connectivity index (χ4n) is 2.29. The largest absolute Gasteiger partial charge is 0.357 e. The number of hydrogen-bond acceptors (Lipinski definition) is 0. The van der Waals surface area contributed by atoms with Gasteiger partial charge < -0.3 is 0 Å². The van der Waals surface area contributed by atoms with Crippen molar-refractivity contribution in [2.24, 2.45) is 5.92 Å². The Balaban J connectivity index is 2.04. The first kappa shape index (κ1) is 16.5. The number of hydrogen-bond donors (Lipinski definition) is 0. The number of rotatable bonds is 4. The lowest BCUT2D eigenvalue weighted by molar-refractivity contribution is -0.597. The van der Waals surface area contributed by atoms with Crippen LogP contribution in [0.15, 0.2) is 48.5 Å². The third-order valence-corrected chi connectivity index (χ3v) is 6.17. The highest BCUT2D eigenvalue weighted by Gasteiger charge is 2.18. The van der Waals surface area contributed by atoms with Crippen molar-refractivity contribution in [2.45, 2.75) is 46.5 Å². The maximum atomic E-state index is 2.32. The summed E-state index contributed by atoms with van der Waals surface area (Å²) < 4.78 is 3.00. The van der Waals surface area contributed by atoms with Crippen LogP contribution in [0.25, 0.3) is 0 Å². The molecular formula is C20H26I+. The van der Waals surface area contributed by atoms with Crippen molar-refractivity contribution >= 4 is 0 Å². The molecule has 0 nitrogen and oxygen atoms in total. The molecule has 2 rings (SSSR count). The fourth-order valence-corrected chi connectivity index (χ4v) is 4.45. The van der Waals surface area contributed by atoms with Crippen molar-refractivity contribution in [3.8, 4) is 0 Å². The summed E-state index contributed by atoms with van der Waals surface area (Å²) in [7, 11) is 0. The summed E-state index contributed by atoms with van der Waals surface area (Å²) >= 11 is -0.0546. The minimum absolute atomic E-state index is 0.0546. The smallest absolute Gasteiger partial charge is 0.0625 e. The Hall–Kier alpha value is -0.830.